The highest BCUT2D eigenvalue weighted by molar-refractivity contribution is 5.68. The molecule has 0 saturated carbocycles. The molecule has 5 rings (SSSR count). The zero-order chi connectivity index (χ0) is 34.5. The molecule has 15 heteroatoms. The van der Waals surface area contributed by atoms with Crippen molar-refractivity contribution in [3.8, 4) is 5.75 Å². The number of non-ortho nitro benzene ring substituents is 1. The predicted molar refractivity (Wildman–Crippen MR) is 172 cm³/mol. The number of hydrogen-bond acceptors (Lipinski definition) is 9. The first-order valence-corrected chi connectivity index (χ1v) is 15.1. The van der Waals surface area contributed by atoms with Crippen LogP contribution in [0, 0.1) is 28.7 Å². The molecule has 1 aromatic heterocycles. The number of carboxylic acid groups (broad SMARTS) is 1. The number of nitrogens with zero attached hydrogens (tertiary/aromatic N) is 5. The van der Waals surface area contributed by atoms with Gasteiger partial charge in [-0.25, -0.2) is 18.4 Å². The lowest BCUT2D eigenvalue weighted by molar-refractivity contribution is -0.384. The monoisotopic (exact) mass is 664 g/mol. The van der Waals surface area contributed by atoms with Crippen molar-refractivity contribution in [1.82, 2.24) is 14.0 Å². The average molecular weight is 665 g/mol. The molecule has 3 aromatic carbocycles. The highest BCUT2D eigenvalue weighted by Gasteiger charge is 2.27. The fourth-order valence-electron chi connectivity index (χ4n) is 5.85. The molecule has 0 radical (unpaired) electrons. The van der Waals surface area contributed by atoms with Crippen LogP contribution in [-0.4, -0.2) is 62.8 Å². The topological polar surface area (TPSA) is 166 Å². The zero-order valence-corrected chi connectivity index (χ0v) is 26.1. The molecular formula is C33H34F2N6O7. The first-order valence-electron chi connectivity index (χ1n) is 15.1. The van der Waals surface area contributed by atoms with E-state index in [1.807, 2.05) is 0 Å². The molecule has 1 fully saturated rings. The average Bonchev–Trinajstić information content (AvgIpc) is 3.06. The third kappa shape index (κ3) is 7.42. The maximum Gasteiger partial charge on any atom is 0.341 e. The lowest BCUT2D eigenvalue weighted by Crippen LogP contribution is -2.51. The van der Waals surface area contributed by atoms with Crippen LogP contribution in [0.2, 0.25) is 0 Å². The third-order valence-electron chi connectivity index (χ3n) is 8.30. The zero-order valence-electron chi connectivity index (χ0n) is 26.1. The summed E-state index contributed by atoms with van der Waals surface area (Å²) in [6.45, 7) is 2.21. The number of carbonyl (C=O) groups is 1. The van der Waals surface area contributed by atoms with E-state index in [9.17, 15) is 33.3 Å². The Labute approximate surface area is 273 Å². The lowest BCUT2D eigenvalue weighted by atomic mass is 10.1. The van der Waals surface area contributed by atoms with Crippen LogP contribution in [0.1, 0.15) is 28.4 Å². The number of benzene rings is 3. The number of carboxylic acids is 1. The first-order chi connectivity index (χ1) is 22.9. The second-order valence-electron chi connectivity index (χ2n) is 11.4. The fraction of sp³-hybridized carbons (Fsp3) is 0.303. The summed E-state index contributed by atoms with van der Waals surface area (Å²) in [5.41, 5.74) is 6.17. The SMILES string of the molecule is Cc1c(N2CCN(Cc3cccc([N+](=O)[O-])c3)CC2)c(=O)n(C[C@H](N)c2ccccc2OCC(=O)O)c(=O)n1Cc1c(F)cccc1F. The van der Waals surface area contributed by atoms with Gasteiger partial charge in [0.1, 0.15) is 23.1 Å². The minimum atomic E-state index is -1.20. The highest BCUT2D eigenvalue weighted by atomic mass is 19.1. The molecule has 1 aliphatic rings. The van der Waals surface area contributed by atoms with E-state index in [1.54, 1.807) is 42.2 Å². The quantitative estimate of drug-likeness (QED) is 0.170. The number of nitro benzene ring substituents is 1. The molecule has 13 nitrogen and oxygen atoms in total. The van der Waals surface area contributed by atoms with Gasteiger partial charge >= 0.3 is 11.7 Å². The van der Waals surface area contributed by atoms with Crippen LogP contribution in [-0.2, 0) is 24.4 Å². The number of nitrogens with two attached hydrogens (primary N) is 1. The number of piperazine rings is 1. The number of para-hydroxylation sites is 1. The van der Waals surface area contributed by atoms with E-state index in [2.05, 4.69) is 4.90 Å². The molecule has 48 heavy (non-hydrogen) atoms. The predicted octanol–water partition coefficient (Wildman–Crippen LogP) is 3.04. The molecule has 0 spiro atoms. The minimum Gasteiger partial charge on any atom is -0.482 e. The number of aromatic nitrogens is 2. The van der Waals surface area contributed by atoms with Crippen LogP contribution in [0.4, 0.5) is 20.2 Å². The summed E-state index contributed by atoms with van der Waals surface area (Å²) in [5.74, 6) is -2.74. The van der Waals surface area contributed by atoms with E-state index in [0.717, 1.165) is 26.8 Å². The Balaban J connectivity index is 1.49. The Kier molecular flexibility index (Phi) is 10.3. The summed E-state index contributed by atoms with van der Waals surface area (Å²) in [6.07, 6.45) is 0. The molecule has 1 saturated heterocycles. The van der Waals surface area contributed by atoms with E-state index in [1.165, 1.54) is 24.3 Å². The summed E-state index contributed by atoms with van der Waals surface area (Å²) >= 11 is 0. The number of ether oxygens (including phenoxy) is 1. The van der Waals surface area contributed by atoms with E-state index in [-0.39, 0.29) is 34.9 Å². The number of rotatable bonds is 12. The summed E-state index contributed by atoms with van der Waals surface area (Å²) < 4.78 is 37.0. The van der Waals surface area contributed by atoms with Gasteiger partial charge in [-0.15, -0.1) is 0 Å². The van der Waals surface area contributed by atoms with Crippen molar-refractivity contribution in [2.24, 2.45) is 5.73 Å². The maximum absolute atomic E-state index is 14.8. The molecule has 0 unspecified atom stereocenters. The van der Waals surface area contributed by atoms with Crippen LogP contribution in [0.5, 0.6) is 5.75 Å². The van der Waals surface area contributed by atoms with Gasteiger partial charge in [-0.3, -0.25) is 28.9 Å². The van der Waals surface area contributed by atoms with Gasteiger partial charge in [-0.1, -0.05) is 36.4 Å². The second kappa shape index (κ2) is 14.6. The van der Waals surface area contributed by atoms with Crippen LogP contribution in [0.3, 0.4) is 0 Å². The van der Waals surface area contributed by atoms with Crippen molar-refractivity contribution in [3.05, 3.63) is 132 Å². The van der Waals surface area contributed by atoms with Crippen molar-refractivity contribution in [3.63, 3.8) is 0 Å². The molecule has 1 aliphatic heterocycles. The molecule has 1 atom stereocenters. The molecule has 2 heterocycles. The van der Waals surface area contributed by atoms with Gasteiger partial charge in [-0.05, 0) is 30.7 Å². The summed E-state index contributed by atoms with van der Waals surface area (Å²) in [7, 11) is 0. The van der Waals surface area contributed by atoms with Crippen LogP contribution >= 0.6 is 0 Å². The van der Waals surface area contributed by atoms with E-state index in [0.29, 0.717) is 38.3 Å². The normalized spacial score (nSPS) is 14.1. The van der Waals surface area contributed by atoms with Crippen LogP contribution in [0.25, 0.3) is 0 Å². The molecule has 3 N–H and O–H groups in total. The minimum absolute atomic E-state index is 0.00913. The van der Waals surface area contributed by atoms with Gasteiger partial charge in [0.05, 0.1) is 24.1 Å². The largest absolute Gasteiger partial charge is 0.482 e. The Morgan fingerprint density at radius 3 is 2.31 bits per heavy atom. The Hall–Kier alpha value is -5.41. The summed E-state index contributed by atoms with van der Waals surface area (Å²) in [5, 5.41) is 20.3. The van der Waals surface area contributed by atoms with Crippen molar-refractivity contribution in [2.45, 2.75) is 32.6 Å². The Bertz CT molecular complexity index is 1940. The molecule has 4 aromatic rings. The first kappa shape index (κ1) is 33.9. The number of aliphatic carboxylic acids is 1. The van der Waals surface area contributed by atoms with Gasteiger partial charge in [0.15, 0.2) is 6.61 Å². The Morgan fingerprint density at radius 2 is 1.65 bits per heavy atom. The molecule has 0 bridgehead atoms. The van der Waals surface area contributed by atoms with Crippen molar-refractivity contribution < 1.29 is 28.3 Å². The van der Waals surface area contributed by atoms with Gasteiger partial charge in [0, 0.05) is 61.7 Å². The van der Waals surface area contributed by atoms with Gasteiger partial charge in [-0.2, -0.15) is 0 Å². The van der Waals surface area contributed by atoms with Crippen LogP contribution in [0.15, 0.2) is 76.3 Å². The summed E-state index contributed by atoms with van der Waals surface area (Å²) in [6, 6.07) is 15.1. The van der Waals surface area contributed by atoms with Crippen molar-refractivity contribution in [2.75, 3.05) is 37.7 Å². The fourth-order valence-corrected chi connectivity index (χ4v) is 5.85. The summed E-state index contributed by atoms with van der Waals surface area (Å²) in [4.78, 5) is 53.8. The molecule has 252 valence electrons. The van der Waals surface area contributed by atoms with Crippen molar-refractivity contribution in [1.29, 1.82) is 0 Å². The standard InChI is InChI=1S/C33H34F2N6O7/c1-21-31(38-14-12-37(13-15-38)17-22-6-4-7-23(16-22)41(46)47)32(44)40(33(45)39(21)18-25-26(34)9-5-10-27(25)35)19-28(36)24-8-2-3-11-29(24)48-20-30(42)43/h2-11,16,28H,12-15,17-20,36H2,1H3,(H,42,43)/t28-/m0/s1. The van der Waals surface area contributed by atoms with Gasteiger partial charge in [0.25, 0.3) is 11.2 Å². The second-order valence-corrected chi connectivity index (χ2v) is 11.4. The van der Waals surface area contributed by atoms with E-state index < -0.39 is 53.0 Å². The van der Waals surface area contributed by atoms with E-state index >= 15 is 0 Å². The molecule has 0 amide bonds. The molecule has 0 aliphatic carbocycles. The smallest absolute Gasteiger partial charge is 0.341 e. The number of halogens is 2. The lowest BCUT2D eigenvalue weighted by Gasteiger charge is -2.37. The van der Waals surface area contributed by atoms with E-state index in [4.69, 9.17) is 15.6 Å². The van der Waals surface area contributed by atoms with Gasteiger partial charge < -0.3 is 20.5 Å². The van der Waals surface area contributed by atoms with Gasteiger partial charge in [0.2, 0.25) is 0 Å². The van der Waals surface area contributed by atoms with Crippen LogP contribution < -0.4 is 26.6 Å². The Morgan fingerprint density at radius 1 is 0.979 bits per heavy atom. The number of hydrogen-bond donors (Lipinski definition) is 2. The van der Waals surface area contributed by atoms with Crippen molar-refractivity contribution >= 4 is 17.3 Å². The third-order valence-corrected chi connectivity index (χ3v) is 8.30. The molecular weight excluding hydrogens is 630 g/mol. The maximum atomic E-state index is 14.8. The number of nitro groups is 1. The number of anilines is 1. The highest BCUT2D eigenvalue weighted by Crippen LogP contribution is 2.26.